The summed E-state index contributed by atoms with van der Waals surface area (Å²) in [5, 5.41) is 117. The van der Waals surface area contributed by atoms with Crippen LogP contribution in [0.4, 0.5) is 63.0 Å². The molecule has 6 heterocycles. The molecule has 3 aromatic heterocycles. The number of carbonyl (C=O) groups excluding carboxylic acids is 4. The maximum Gasteiger partial charge on any atom is 0.408 e. The Bertz CT molecular complexity index is 3100. The molecule has 0 unspecified atom stereocenters. The number of alkyl halides is 6. The van der Waals surface area contributed by atoms with E-state index in [0.717, 1.165) is 37.2 Å². The summed E-state index contributed by atoms with van der Waals surface area (Å²) in [6, 6.07) is -4.35. The first kappa shape index (κ1) is 101. The zero-order valence-corrected chi connectivity index (χ0v) is 67.3. The second kappa shape index (κ2) is 53.5. The highest BCUT2D eigenvalue weighted by Crippen LogP contribution is 2.32. The lowest BCUT2D eigenvalue weighted by Gasteiger charge is -2.37. The van der Waals surface area contributed by atoms with Gasteiger partial charge in [-0.15, -0.1) is 0 Å². The van der Waals surface area contributed by atoms with Gasteiger partial charge in [0.25, 0.3) is 0 Å². The summed E-state index contributed by atoms with van der Waals surface area (Å²) in [5.41, 5.74) is -4.07. The number of urea groups is 3. The quantitative estimate of drug-likeness (QED) is 0.0216. The van der Waals surface area contributed by atoms with E-state index in [0.29, 0.717) is 19.3 Å². The molecule has 19 N–H and O–H groups in total. The number of carbonyl (C=O) groups is 4. The van der Waals surface area contributed by atoms with Crippen molar-refractivity contribution in [1.82, 2.24) is 67.1 Å². The molecule has 3 saturated heterocycles. The van der Waals surface area contributed by atoms with Gasteiger partial charge in [0.1, 0.15) is 115 Å². The zero-order valence-electron chi connectivity index (χ0n) is 67.3. The third kappa shape index (κ3) is 37.3. The summed E-state index contributed by atoms with van der Waals surface area (Å²) in [6.45, 7) is 0.557. The van der Waals surface area contributed by atoms with Crippen molar-refractivity contribution in [2.45, 2.75) is 161 Å². The molecular weight excluding hydrogens is 1620 g/mol. The van der Waals surface area contributed by atoms with Crippen molar-refractivity contribution < 1.29 is 153 Å². The standard InChI is InChI=1S/C72H118F6N16O26/c1-68(2,3)120-67(107)94-69(7-4-10-82-64(104)85-13-16-108-19-22-111-25-28-114-43-70(73,74)52-31-79-34-55(91-52)88-46-40-117-49(37-95)61(101)58(46)98,8-5-11-83-65(105)86-14-17-109-20-23-112-26-29-115-44-71(75,76)53-32-80-35-56(92-53)89-47-41-118-50(38-96)62(102)59(47)99)9-6-12-84-66(106)87-15-18-110-21-24-113-27-30-116-45-72(77,78)54-33-81-36-57(93-54)90-48-42-119-51(39-97)63(103)60(48)100/h31-36,46-51,58-63,95-103H,4-30,37-45H2,1-3H3,(H,88,91)(H,89,92)(H,90,93)(H,94,107)(H2,82,85,104)(H2,83,86,105)(H2,84,87,106)/t46-,47-,48-,49+,50+,51+,58+,59+,60+,61-,62-,63-/m0/s1. The molecular formula is C72H118F6N16O26. The average molecular weight is 1740 g/mol. The molecule has 3 aliphatic rings. The summed E-state index contributed by atoms with van der Waals surface area (Å²) >= 11 is 0. The molecule has 684 valence electrons. The van der Waals surface area contributed by atoms with Crippen molar-refractivity contribution >= 4 is 41.6 Å². The number of amides is 7. The van der Waals surface area contributed by atoms with Crippen molar-refractivity contribution in [3.05, 3.63) is 54.3 Å². The molecule has 7 amide bonds. The highest BCUT2D eigenvalue weighted by atomic mass is 19.3. The minimum Gasteiger partial charge on any atom is -0.444 e. The van der Waals surface area contributed by atoms with Crippen molar-refractivity contribution in [3.8, 4) is 0 Å². The molecule has 0 aliphatic carbocycles. The number of hydrogen-bond acceptors (Lipinski definition) is 35. The maximum atomic E-state index is 15.0. The van der Waals surface area contributed by atoms with Gasteiger partial charge in [-0.3, -0.25) is 15.0 Å². The number of nitrogens with zero attached hydrogens (tertiary/aromatic N) is 6. The first-order valence-corrected chi connectivity index (χ1v) is 39.3. The third-order valence-electron chi connectivity index (χ3n) is 18.3. The lowest BCUT2D eigenvalue weighted by Crippen LogP contribution is -2.56. The molecule has 6 rings (SSSR count). The molecule has 42 nitrogen and oxygen atoms in total. The van der Waals surface area contributed by atoms with E-state index in [2.05, 4.69) is 83.1 Å². The van der Waals surface area contributed by atoms with Crippen LogP contribution in [-0.2, 0) is 79.3 Å². The lowest BCUT2D eigenvalue weighted by molar-refractivity contribution is -0.152. The predicted octanol–water partition coefficient (Wildman–Crippen LogP) is -1.94. The predicted molar refractivity (Wildman–Crippen MR) is 408 cm³/mol. The SMILES string of the molecule is CC(C)(C)OC(=O)NC(CCCNC(=O)NCCOCCOCCOCC(F)(F)c1cncc(N[C@H]2CO[C@H](CO)[C@H](O)[C@@H]2O)n1)(CCCNC(=O)NCCOCCOCCOCC(F)(F)c1cncc(N[C@H]2CO[C@H](CO)[C@H](O)[C@@H]2O)n1)CCCNC(=O)NCCOCCOCCOCC(F)(F)c1cncc(N[C@H]2CO[C@H](CO)[C@H](O)[C@@H]2O)n1. The normalized spacial score (nSPS) is 21.8. The monoisotopic (exact) mass is 1740 g/mol. The number of hydrogen-bond donors (Lipinski definition) is 19. The number of aliphatic hydroxyl groups excluding tert-OH is 9. The molecule has 48 heteroatoms. The van der Waals surface area contributed by atoms with E-state index >= 15 is 26.3 Å². The molecule has 3 fully saturated rings. The van der Waals surface area contributed by atoms with Crippen LogP contribution in [0.5, 0.6) is 0 Å². The smallest absolute Gasteiger partial charge is 0.408 e. The molecule has 120 heavy (non-hydrogen) atoms. The highest BCUT2D eigenvalue weighted by molar-refractivity contribution is 5.74. The Kier molecular flexibility index (Phi) is 45.1. The Labute approximate surface area is 689 Å². The molecule has 0 bridgehead atoms. The Morgan fingerprint density at radius 2 is 0.642 bits per heavy atom. The lowest BCUT2D eigenvalue weighted by atomic mass is 9.83. The van der Waals surface area contributed by atoms with Crippen LogP contribution >= 0.6 is 0 Å². The highest BCUT2D eigenvalue weighted by Gasteiger charge is 2.44. The van der Waals surface area contributed by atoms with Crippen LogP contribution in [0.2, 0.25) is 0 Å². The number of rotatable bonds is 58. The molecule has 0 aromatic carbocycles. The largest absolute Gasteiger partial charge is 0.444 e. The average Bonchev–Trinajstić information content (AvgIpc) is 0.818. The van der Waals surface area contributed by atoms with Gasteiger partial charge in [-0.2, -0.15) is 26.3 Å². The van der Waals surface area contributed by atoms with Crippen LogP contribution in [0.3, 0.4) is 0 Å². The van der Waals surface area contributed by atoms with Crippen LogP contribution in [0.25, 0.3) is 0 Å². The Morgan fingerprint density at radius 1 is 0.383 bits per heavy atom. The van der Waals surface area contributed by atoms with Crippen LogP contribution < -0.4 is 53.2 Å². The van der Waals surface area contributed by atoms with Crippen LogP contribution in [0.15, 0.2) is 37.2 Å². The van der Waals surface area contributed by atoms with E-state index in [1.165, 1.54) is 0 Å². The van der Waals surface area contributed by atoms with E-state index in [-0.39, 0.29) is 195 Å². The fourth-order valence-electron chi connectivity index (χ4n) is 11.9. The summed E-state index contributed by atoms with van der Waals surface area (Å²) in [7, 11) is 0. The van der Waals surface area contributed by atoms with Gasteiger partial charge in [0.05, 0.1) is 194 Å². The second-order valence-corrected chi connectivity index (χ2v) is 28.9. The molecule has 0 radical (unpaired) electrons. The van der Waals surface area contributed by atoms with E-state index < -0.39 is 183 Å². The van der Waals surface area contributed by atoms with Crippen molar-refractivity contribution in [2.75, 3.05) is 214 Å². The van der Waals surface area contributed by atoms with Gasteiger partial charge in [0, 0.05) is 44.8 Å². The topological polar surface area (TPSA) is 568 Å². The first-order valence-electron chi connectivity index (χ1n) is 39.3. The van der Waals surface area contributed by atoms with Gasteiger partial charge in [0.2, 0.25) is 0 Å². The van der Waals surface area contributed by atoms with Crippen LogP contribution in [0, 0.1) is 0 Å². The van der Waals surface area contributed by atoms with Gasteiger partial charge in [-0.1, -0.05) is 0 Å². The van der Waals surface area contributed by atoms with E-state index in [1.807, 2.05) is 0 Å². The molecule has 12 atom stereocenters. The fourth-order valence-corrected chi connectivity index (χ4v) is 11.9. The molecule has 0 saturated carbocycles. The van der Waals surface area contributed by atoms with Crippen LogP contribution in [-0.4, -0.2) is 382 Å². The first-order chi connectivity index (χ1) is 57.4. The van der Waals surface area contributed by atoms with E-state index in [1.54, 1.807) is 20.8 Å². The summed E-state index contributed by atoms with van der Waals surface area (Å²) in [5.74, 6) is -11.0. The number of ether oxygens (including phenoxy) is 13. The summed E-state index contributed by atoms with van der Waals surface area (Å²) in [4.78, 5) is 75.4. The summed E-state index contributed by atoms with van der Waals surface area (Å²) < 4.78 is 160. The minimum atomic E-state index is -3.57. The van der Waals surface area contributed by atoms with Crippen molar-refractivity contribution in [2.24, 2.45) is 0 Å². The van der Waals surface area contributed by atoms with Gasteiger partial charge in [-0.05, 0) is 59.3 Å². The Balaban J connectivity index is 0.872. The van der Waals surface area contributed by atoms with Gasteiger partial charge >= 0.3 is 42.0 Å². The van der Waals surface area contributed by atoms with Gasteiger partial charge in [0.15, 0.2) is 0 Å². The molecule has 0 spiro atoms. The Morgan fingerprint density at radius 3 is 0.908 bits per heavy atom. The Hall–Kier alpha value is -7.54. The van der Waals surface area contributed by atoms with E-state index in [4.69, 9.17) is 61.6 Å². The number of aliphatic hydroxyl groups is 9. The van der Waals surface area contributed by atoms with Crippen molar-refractivity contribution in [3.63, 3.8) is 0 Å². The summed E-state index contributed by atoms with van der Waals surface area (Å²) in [6.07, 6.45) is -4.31. The molecule has 3 aromatic rings. The number of anilines is 3. The molecule has 3 aliphatic heterocycles. The minimum absolute atomic E-state index is 0.0571. The van der Waals surface area contributed by atoms with Crippen LogP contribution in [0.1, 0.15) is 76.4 Å². The van der Waals surface area contributed by atoms with Gasteiger partial charge in [-0.25, -0.2) is 34.1 Å². The number of halogens is 6. The van der Waals surface area contributed by atoms with Crippen molar-refractivity contribution in [1.29, 1.82) is 0 Å². The third-order valence-corrected chi connectivity index (χ3v) is 18.3. The number of nitrogens with one attached hydrogen (secondary N) is 10. The number of aromatic nitrogens is 6. The second-order valence-electron chi connectivity index (χ2n) is 28.9. The van der Waals surface area contributed by atoms with E-state index in [9.17, 15) is 65.1 Å². The zero-order chi connectivity index (χ0) is 87.4. The maximum absolute atomic E-state index is 15.0. The van der Waals surface area contributed by atoms with Gasteiger partial charge < -0.3 is 161 Å². The fraction of sp³-hybridized carbons (Fsp3) is 0.778. The number of alkyl carbamates (subject to hydrolysis) is 1.